The molecular weight excluding hydrogens is 224 g/mol. The van der Waals surface area contributed by atoms with Crippen molar-refractivity contribution in [1.29, 1.82) is 0 Å². The molecule has 0 heterocycles. The lowest BCUT2D eigenvalue weighted by Crippen LogP contribution is -2.11. The van der Waals surface area contributed by atoms with Gasteiger partial charge in [0.2, 0.25) is 5.78 Å². The van der Waals surface area contributed by atoms with E-state index in [0.29, 0.717) is 6.42 Å². The minimum Gasteiger partial charge on any atom is -0.298 e. The van der Waals surface area contributed by atoms with Crippen LogP contribution in [-0.2, 0) is 20.8 Å². The highest BCUT2D eigenvalue weighted by atomic mass is 32.2. The summed E-state index contributed by atoms with van der Waals surface area (Å²) < 4.78 is 0. The Morgan fingerprint density at radius 1 is 1.12 bits per heavy atom. The molecule has 16 heavy (non-hydrogen) atoms. The van der Waals surface area contributed by atoms with E-state index >= 15 is 0 Å². The van der Waals surface area contributed by atoms with Crippen molar-refractivity contribution in [3.63, 3.8) is 0 Å². The number of carbonyl (C=O) groups is 3. The Bertz CT molecular complexity index is 398. The van der Waals surface area contributed by atoms with Gasteiger partial charge in [0.1, 0.15) is 5.78 Å². The zero-order valence-corrected chi connectivity index (χ0v) is 9.75. The number of carbonyl (C=O) groups excluding carboxylic acids is 3. The summed E-state index contributed by atoms with van der Waals surface area (Å²) in [5, 5.41) is -0.554. The summed E-state index contributed by atoms with van der Waals surface area (Å²) in [6.07, 6.45) is 0.305. The van der Waals surface area contributed by atoms with E-state index in [0.717, 1.165) is 17.3 Å². The van der Waals surface area contributed by atoms with Crippen LogP contribution in [0.2, 0.25) is 0 Å². The Kier molecular flexibility index (Phi) is 4.92. The minimum absolute atomic E-state index is 0.0502. The normalized spacial score (nSPS) is 9.81. The number of hydrogen-bond donors (Lipinski definition) is 0. The van der Waals surface area contributed by atoms with Crippen molar-refractivity contribution in [3.05, 3.63) is 35.9 Å². The molecule has 0 fully saturated rings. The van der Waals surface area contributed by atoms with E-state index in [4.69, 9.17) is 0 Å². The minimum atomic E-state index is -0.554. The van der Waals surface area contributed by atoms with Crippen LogP contribution in [0.4, 0.5) is 0 Å². The van der Waals surface area contributed by atoms with Crippen LogP contribution in [0, 0.1) is 0 Å². The number of ketones is 2. The highest BCUT2D eigenvalue weighted by molar-refractivity contribution is 8.15. The Morgan fingerprint density at radius 2 is 1.75 bits per heavy atom. The number of benzene rings is 1. The zero-order valence-electron chi connectivity index (χ0n) is 8.93. The smallest absolute Gasteiger partial charge is 0.255 e. The Balaban J connectivity index is 2.37. The predicted octanol–water partition coefficient (Wildman–Crippen LogP) is 1.65. The lowest BCUT2D eigenvalue weighted by molar-refractivity contribution is -0.130. The van der Waals surface area contributed by atoms with Crippen molar-refractivity contribution >= 4 is 28.4 Å². The molecule has 0 amide bonds. The molecule has 1 rings (SSSR count). The first kappa shape index (κ1) is 12.6. The van der Waals surface area contributed by atoms with Crippen molar-refractivity contribution in [2.24, 2.45) is 0 Å². The van der Waals surface area contributed by atoms with Crippen LogP contribution in [0.3, 0.4) is 0 Å². The largest absolute Gasteiger partial charge is 0.298 e. The molecule has 0 N–H and O–H groups in total. The van der Waals surface area contributed by atoms with Gasteiger partial charge in [0, 0.05) is 13.3 Å². The maximum atomic E-state index is 11.5. The number of Topliss-reactive ketones (excluding diaryl/α,β-unsaturated/α-hetero) is 2. The average molecular weight is 236 g/mol. The van der Waals surface area contributed by atoms with E-state index in [-0.39, 0.29) is 11.5 Å². The van der Waals surface area contributed by atoms with Gasteiger partial charge in [-0.25, -0.2) is 0 Å². The van der Waals surface area contributed by atoms with E-state index in [1.165, 1.54) is 6.92 Å². The molecular formula is C12H12O3S. The second kappa shape index (κ2) is 6.23. The second-order valence-electron chi connectivity index (χ2n) is 3.33. The molecule has 0 aliphatic carbocycles. The first-order valence-electron chi connectivity index (χ1n) is 4.83. The molecule has 0 saturated heterocycles. The van der Waals surface area contributed by atoms with Crippen LogP contribution in [0.25, 0.3) is 0 Å². The molecule has 1 aromatic rings. The van der Waals surface area contributed by atoms with E-state index < -0.39 is 10.9 Å². The van der Waals surface area contributed by atoms with E-state index in [9.17, 15) is 14.4 Å². The van der Waals surface area contributed by atoms with Crippen LogP contribution >= 0.6 is 11.8 Å². The fourth-order valence-electron chi connectivity index (χ4n) is 1.12. The standard InChI is InChI=1S/C12H12O3S/c1-9(13)12(15)16-8-11(14)7-10-5-3-2-4-6-10/h2-6H,7-8H2,1H3. The first-order chi connectivity index (χ1) is 7.59. The van der Waals surface area contributed by atoms with Crippen LogP contribution in [0.5, 0.6) is 0 Å². The van der Waals surface area contributed by atoms with Crippen molar-refractivity contribution in [3.8, 4) is 0 Å². The average Bonchev–Trinajstić information content (AvgIpc) is 2.27. The summed E-state index contributed by atoms with van der Waals surface area (Å²) in [7, 11) is 0. The molecule has 0 atom stereocenters. The molecule has 0 aliphatic heterocycles. The molecule has 3 nitrogen and oxygen atoms in total. The van der Waals surface area contributed by atoms with Crippen LogP contribution < -0.4 is 0 Å². The lowest BCUT2D eigenvalue weighted by Gasteiger charge is -1.99. The Labute approximate surface area is 98.2 Å². The SMILES string of the molecule is CC(=O)C(=O)SCC(=O)Cc1ccccc1. The first-order valence-corrected chi connectivity index (χ1v) is 5.81. The maximum absolute atomic E-state index is 11.5. The summed E-state index contributed by atoms with van der Waals surface area (Å²) in [5.41, 5.74) is 0.920. The summed E-state index contributed by atoms with van der Waals surface area (Å²) >= 11 is 0.774. The van der Waals surface area contributed by atoms with E-state index in [1.54, 1.807) is 0 Å². The highest BCUT2D eigenvalue weighted by Crippen LogP contribution is 2.06. The summed E-state index contributed by atoms with van der Waals surface area (Å²) in [5.74, 6) is -0.504. The maximum Gasteiger partial charge on any atom is 0.255 e. The third-order valence-electron chi connectivity index (χ3n) is 1.90. The molecule has 0 aliphatic rings. The fraction of sp³-hybridized carbons (Fsp3) is 0.250. The van der Waals surface area contributed by atoms with E-state index in [1.807, 2.05) is 30.3 Å². The number of rotatable bonds is 5. The third-order valence-corrected chi connectivity index (χ3v) is 2.91. The zero-order chi connectivity index (χ0) is 12.0. The quantitative estimate of drug-likeness (QED) is 0.729. The van der Waals surface area contributed by atoms with Crippen LogP contribution in [0.1, 0.15) is 12.5 Å². The Morgan fingerprint density at radius 3 is 2.31 bits per heavy atom. The fourth-order valence-corrected chi connectivity index (χ4v) is 1.72. The number of thioether (sulfide) groups is 1. The van der Waals surface area contributed by atoms with Gasteiger partial charge < -0.3 is 0 Å². The van der Waals surface area contributed by atoms with E-state index in [2.05, 4.69) is 0 Å². The lowest BCUT2D eigenvalue weighted by atomic mass is 10.1. The Hall–Kier alpha value is -1.42. The van der Waals surface area contributed by atoms with Gasteiger partial charge in [0.25, 0.3) is 5.12 Å². The van der Waals surface area contributed by atoms with Crippen LogP contribution in [0.15, 0.2) is 30.3 Å². The molecule has 0 unspecified atom stereocenters. The summed E-state index contributed by atoms with van der Waals surface area (Å²) in [4.78, 5) is 33.0. The number of hydrogen-bond acceptors (Lipinski definition) is 4. The monoisotopic (exact) mass is 236 g/mol. The third kappa shape index (κ3) is 4.40. The van der Waals surface area contributed by atoms with Crippen molar-refractivity contribution < 1.29 is 14.4 Å². The molecule has 0 aromatic heterocycles. The van der Waals surface area contributed by atoms with Crippen molar-refractivity contribution in [2.75, 3.05) is 5.75 Å². The highest BCUT2D eigenvalue weighted by Gasteiger charge is 2.11. The van der Waals surface area contributed by atoms with Gasteiger partial charge in [-0.3, -0.25) is 14.4 Å². The summed E-state index contributed by atoms with van der Waals surface area (Å²) in [6.45, 7) is 1.21. The molecule has 4 heteroatoms. The van der Waals surface area contributed by atoms with Gasteiger partial charge in [0.05, 0.1) is 5.75 Å². The van der Waals surface area contributed by atoms with Gasteiger partial charge in [-0.05, 0) is 5.56 Å². The van der Waals surface area contributed by atoms with Gasteiger partial charge in [0.15, 0.2) is 0 Å². The van der Waals surface area contributed by atoms with Gasteiger partial charge in [-0.2, -0.15) is 0 Å². The van der Waals surface area contributed by atoms with Crippen molar-refractivity contribution in [1.82, 2.24) is 0 Å². The van der Waals surface area contributed by atoms with Crippen molar-refractivity contribution in [2.45, 2.75) is 13.3 Å². The molecule has 0 saturated carbocycles. The van der Waals surface area contributed by atoms with Crippen LogP contribution in [-0.4, -0.2) is 22.4 Å². The summed E-state index contributed by atoms with van der Waals surface area (Å²) in [6, 6.07) is 9.31. The molecule has 1 aromatic carbocycles. The van der Waals surface area contributed by atoms with Gasteiger partial charge in [-0.15, -0.1) is 0 Å². The second-order valence-corrected chi connectivity index (χ2v) is 4.28. The molecule has 0 spiro atoms. The predicted molar refractivity (Wildman–Crippen MR) is 63.3 cm³/mol. The molecule has 84 valence electrons. The molecule has 0 bridgehead atoms. The molecule has 0 radical (unpaired) electrons. The van der Waals surface area contributed by atoms with Gasteiger partial charge >= 0.3 is 0 Å². The topological polar surface area (TPSA) is 51.2 Å². The van der Waals surface area contributed by atoms with Gasteiger partial charge in [-0.1, -0.05) is 42.1 Å².